The summed E-state index contributed by atoms with van der Waals surface area (Å²) in [6.07, 6.45) is 0. The summed E-state index contributed by atoms with van der Waals surface area (Å²) >= 11 is 0. The van der Waals surface area contributed by atoms with Gasteiger partial charge in [-0.2, -0.15) is 15.0 Å². The van der Waals surface area contributed by atoms with Gasteiger partial charge in [0.05, 0.1) is 25.4 Å². The van der Waals surface area contributed by atoms with Gasteiger partial charge in [0, 0.05) is 27.2 Å². The summed E-state index contributed by atoms with van der Waals surface area (Å²) in [5.74, 6) is 0.956. The molecule has 10 heteroatoms. The molecule has 0 atom stereocenters. The molecule has 9 nitrogen and oxygen atoms in total. The molecule has 2 N–H and O–H groups in total. The number of morpholine rings is 1. The lowest BCUT2D eigenvalue weighted by molar-refractivity contribution is 0.122. The summed E-state index contributed by atoms with van der Waals surface area (Å²) in [6.45, 7) is 2.69. The number of para-hydroxylation sites is 1. The van der Waals surface area contributed by atoms with E-state index >= 15 is 0 Å². The molecule has 1 aliphatic heterocycles. The molecule has 1 aliphatic rings. The van der Waals surface area contributed by atoms with Gasteiger partial charge in [-0.25, -0.2) is 9.18 Å². The molecule has 1 aromatic carbocycles. The highest BCUT2D eigenvalue weighted by Crippen LogP contribution is 2.15. The number of carbonyl (C=O) groups is 1. The maximum Gasteiger partial charge on any atom is 0.319 e. The minimum atomic E-state index is -0.542. The molecule has 1 fully saturated rings. The topological polar surface area (TPSA) is 95.5 Å². The molecule has 0 unspecified atom stereocenters. The standard InChI is InChI=1S/C17H22FN7O2/c1-24(2)15-21-14(22-16(23-15)25-7-9-27-10-8-25)11-19-17(26)20-13-6-4-3-5-12(13)18/h3-6H,7-11H2,1-2H3,(H2,19,20,26). The fourth-order valence-corrected chi connectivity index (χ4v) is 2.47. The third-order valence-electron chi connectivity index (χ3n) is 3.88. The van der Waals surface area contributed by atoms with Crippen LogP contribution in [0, 0.1) is 5.82 Å². The third kappa shape index (κ3) is 5.00. The highest BCUT2D eigenvalue weighted by Gasteiger charge is 2.17. The van der Waals surface area contributed by atoms with Gasteiger partial charge in [0.25, 0.3) is 0 Å². The monoisotopic (exact) mass is 375 g/mol. The van der Waals surface area contributed by atoms with Crippen molar-refractivity contribution in [3.63, 3.8) is 0 Å². The molecule has 27 heavy (non-hydrogen) atoms. The number of rotatable bonds is 5. The summed E-state index contributed by atoms with van der Waals surface area (Å²) < 4.78 is 19.0. The number of amides is 2. The summed E-state index contributed by atoms with van der Waals surface area (Å²) in [7, 11) is 3.67. The molecular formula is C17H22FN7O2. The zero-order chi connectivity index (χ0) is 19.2. The van der Waals surface area contributed by atoms with Crippen LogP contribution >= 0.6 is 0 Å². The van der Waals surface area contributed by atoms with Crippen LogP contribution < -0.4 is 20.4 Å². The highest BCUT2D eigenvalue weighted by molar-refractivity contribution is 5.89. The lowest BCUT2D eigenvalue weighted by Crippen LogP contribution is -2.38. The van der Waals surface area contributed by atoms with Crippen molar-refractivity contribution in [1.29, 1.82) is 0 Å². The van der Waals surface area contributed by atoms with Gasteiger partial charge in [-0.3, -0.25) is 0 Å². The van der Waals surface area contributed by atoms with Crippen LogP contribution in [0.4, 0.5) is 26.8 Å². The summed E-state index contributed by atoms with van der Waals surface area (Å²) in [4.78, 5) is 29.1. The van der Waals surface area contributed by atoms with Crippen LogP contribution in [0.5, 0.6) is 0 Å². The first-order chi connectivity index (χ1) is 13.0. The molecule has 2 amide bonds. The molecule has 0 spiro atoms. The summed E-state index contributed by atoms with van der Waals surface area (Å²) in [5.41, 5.74) is 0.105. The number of nitrogens with one attached hydrogen (secondary N) is 2. The molecule has 0 saturated carbocycles. The second-order valence-electron chi connectivity index (χ2n) is 6.13. The van der Waals surface area contributed by atoms with E-state index in [1.165, 1.54) is 12.1 Å². The quantitative estimate of drug-likeness (QED) is 0.812. The Kier molecular flexibility index (Phi) is 5.97. The number of aromatic nitrogens is 3. The zero-order valence-corrected chi connectivity index (χ0v) is 15.3. The molecule has 0 aliphatic carbocycles. The molecule has 3 rings (SSSR count). The fraction of sp³-hybridized carbons (Fsp3) is 0.412. The SMILES string of the molecule is CN(C)c1nc(CNC(=O)Nc2ccccc2F)nc(N2CCOCC2)n1. The second kappa shape index (κ2) is 8.58. The number of halogens is 1. The Labute approximate surface area is 156 Å². The van der Waals surface area contributed by atoms with Gasteiger partial charge >= 0.3 is 6.03 Å². The van der Waals surface area contributed by atoms with E-state index in [2.05, 4.69) is 25.6 Å². The van der Waals surface area contributed by atoms with Crippen molar-refractivity contribution in [1.82, 2.24) is 20.3 Å². The van der Waals surface area contributed by atoms with Crippen LogP contribution in [-0.2, 0) is 11.3 Å². The predicted octanol–water partition coefficient (Wildman–Crippen LogP) is 1.24. The van der Waals surface area contributed by atoms with Gasteiger partial charge in [0.1, 0.15) is 5.82 Å². The molecule has 0 bridgehead atoms. The van der Waals surface area contributed by atoms with Gasteiger partial charge < -0.3 is 25.2 Å². The average Bonchev–Trinajstić information content (AvgIpc) is 2.68. The zero-order valence-electron chi connectivity index (χ0n) is 15.3. The number of anilines is 3. The number of ether oxygens (including phenoxy) is 1. The van der Waals surface area contributed by atoms with Crippen molar-refractivity contribution in [2.45, 2.75) is 6.54 Å². The number of benzene rings is 1. The summed E-state index contributed by atoms with van der Waals surface area (Å²) in [6, 6.07) is 5.42. The minimum Gasteiger partial charge on any atom is -0.378 e. The average molecular weight is 375 g/mol. The van der Waals surface area contributed by atoms with Crippen molar-refractivity contribution >= 4 is 23.6 Å². The van der Waals surface area contributed by atoms with E-state index in [-0.39, 0.29) is 12.2 Å². The number of urea groups is 1. The normalized spacial score (nSPS) is 14.0. The maximum atomic E-state index is 13.6. The van der Waals surface area contributed by atoms with Crippen molar-refractivity contribution in [3.05, 3.63) is 35.9 Å². The number of hydrogen-bond donors (Lipinski definition) is 2. The van der Waals surface area contributed by atoms with E-state index in [0.717, 1.165) is 0 Å². The van der Waals surface area contributed by atoms with E-state index in [9.17, 15) is 9.18 Å². The second-order valence-corrected chi connectivity index (χ2v) is 6.13. The first-order valence-corrected chi connectivity index (χ1v) is 8.57. The lowest BCUT2D eigenvalue weighted by Gasteiger charge is -2.27. The van der Waals surface area contributed by atoms with Crippen molar-refractivity contribution < 1.29 is 13.9 Å². The highest BCUT2D eigenvalue weighted by atomic mass is 19.1. The van der Waals surface area contributed by atoms with Crippen molar-refractivity contribution in [2.24, 2.45) is 0 Å². The van der Waals surface area contributed by atoms with Gasteiger partial charge in [-0.1, -0.05) is 12.1 Å². The Morgan fingerprint density at radius 3 is 2.67 bits per heavy atom. The van der Waals surface area contributed by atoms with Crippen LogP contribution in [-0.4, -0.2) is 61.4 Å². The van der Waals surface area contributed by atoms with E-state index in [0.29, 0.717) is 44.0 Å². The number of carbonyl (C=O) groups excluding carboxylic acids is 1. The Hall–Kier alpha value is -3.01. The molecule has 1 aromatic heterocycles. The van der Waals surface area contributed by atoms with Crippen LogP contribution in [0.2, 0.25) is 0 Å². The molecular weight excluding hydrogens is 353 g/mol. The number of nitrogens with zero attached hydrogens (tertiary/aromatic N) is 5. The molecule has 2 aromatic rings. The lowest BCUT2D eigenvalue weighted by atomic mass is 10.3. The van der Waals surface area contributed by atoms with Gasteiger partial charge in [-0.15, -0.1) is 0 Å². The van der Waals surface area contributed by atoms with E-state index in [4.69, 9.17) is 4.74 Å². The smallest absolute Gasteiger partial charge is 0.319 e. The van der Waals surface area contributed by atoms with E-state index in [1.54, 1.807) is 17.0 Å². The fourth-order valence-electron chi connectivity index (χ4n) is 2.47. The number of hydrogen-bond acceptors (Lipinski definition) is 7. The van der Waals surface area contributed by atoms with Gasteiger partial charge in [0.15, 0.2) is 5.82 Å². The minimum absolute atomic E-state index is 0.0843. The maximum absolute atomic E-state index is 13.6. The molecule has 0 radical (unpaired) electrons. The Balaban J connectivity index is 1.68. The van der Waals surface area contributed by atoms with Crippen LogP contribution in [0.25, 0.3) is 0 Å². The van der Waals surface area contributed by atoms with Gasteiger partial charge in [-0.05, 0) is 12.1 Å². The Morgan fingerprint density at radius 2 is 1.96 bits per heavy atom. The molecule has 1 saturated heterocycles. The first-order valence-electron chi connectivity index (χ1n) is 8.57. The Morgan fingerprint density at radius 1 is 1.22 bits per heavy atom. The summed E-state index contributed by atoms with van der Waals surface area (Å²) in [5, 5.41) is 5.10. The van der Waals surface area contributed by atoms with E-state index < -0.39 is 11.8 Å². The van der Waals surface area contributed by atoms with Gasteiger partial charge in [0.2, 0.25) is 11.9 Å². The van der Waals surface area contributed by atoms with Crippen LogP contribution in [0.1, 0.15) is 5.82 Å². The molecule has 144 valence electrons. The van der Waals surface area contributed by atoms with E-state index in [1.807, 2.05) is 19.0 Å². The van der Waals surface area contributed by atoms with Crippen molar-refractivity contribution in [2.75, 3.05) is 55.5 Å². The Bertz CT molecular complexity index is 797. The van der Waals surface area contributed by atoms with Crippen molar-refractivity contribution in [3.8, 4) is 0 Å². The molecule has 2 heterocycles. The first kappa shape index (κ1) is 18.8. The largest absolute Gasteiger partial charge is 0.378 e. The predicted molar refractivity (Wildman–Crippen MR) is 99.4 cm³/mol. The van der Waals surface area contributed by atoms with Crippen LogP contribution in [0.3, 0.4) is 0 Å². The van der Waals surface area contributed by atoms with Crippen LogP contribution in [0.15, 0.2) is 24.3 Å². The third-order valence-corrected chi connectivity index (χ3v) is 3.88.